The molecule has 1 aromatic rings. The molecule has 0 spiro atoms. The molecule has 0 aromatic heterocycles. The predicted octanol–water partition coefficient (Wildman–Crippen LogP) is 4.15. The van der Waals surface area contributed by atoms with Crippen LogP contribution in [0, 0.1) is 5.92 Å². The second-order valence-corrected chi connectivity index (χ2v) is 5.81. The van der Waals surface area contributed by atoms with Gasteiger partial charge in [-0.15, -0.1) is 11.8 Å². The molecular formula is C13H19ClN2OS. The topological polar surface area (TPSA) is 32.3 Å². The van der Waals surface area contributed by atoms with E-state index in [1.54, 1.807) is 35.8 Å². The van der Waals surface area contributed by atoms with Gasteiger partial charge in [-0.05, 0) is 30.4 Å². The molecule has 1 aromatic carbocycles. The number of benzene rings is 1. The lowest BCUT2D eigenvalue weighted by Gasteiger charge is -2.29. The number of rotatable bonds is 4. The molecule has 1 rings (SSSR count). The molecule has 1 N–H and O–H groups in total. The summed E-state index contributed by atoms with van der Waals surface area (Å²) in [5.41, 5.74) is 0.711. The van der Waals surface area contributed by atoms with Gasteiger partial charge < -0.3 is 10.2 Å². The maximum atomic E-state index is 12.1. The zero-order valence-corrected chi connectivity index (χ0v) is 12.7. The lowest BCUT2D eigenvalue weighted by atomic mass is 10.2. The van der Waals surface area contributed by atoms with Crippen LogP contribution in [0.2, 0.25) is 5.02 Å². The van der Waals surface area contributed by atoms with Crippen molar-refractivity contribution in [3.8, 4) is 0 Å². The van der Waals surface area contributed by atoms with Crippen molar-refractivity contribution in [2.45, 2.75) is 19.2 Å². The summed E-state index contributed by atoms with van der Waals surface area (Å²) < 4.78 is 0. The molecule has 0 aliphatic heterocycles. The van der Waals surface area contributed by atoms with E-state index in [0.29, 0.717) is 16.6 Å². The summed E-state index contributed by atoms with van der Waals surface area (Å²) in [5, 5.41) is 3.61. The van der Waals surface area contributed by atoms with Gasteiger partial charge in [-0.3, -0.25) is 0 Å². The molecule has 0 radical (unpaired) electrons. The van der Waals surface area contributed by atoms with E-state index >= 15 is 0 Å². The number of hydrogen-bond donors (Lipinski definition) is 1. The molecule has 0 aliphatic rings. The van der Waals surface area contributed by atoms with Crippen LogP contribution in [0.3, 0.4) is 0 Å². The van der Waals surface area contributed by atoms with Crippen molar-refractivity contribution in [1.82, 2.24) is 4.90 Å². The van der Waals surface area contributed by atoms with Crippen molar-refractivity contribution in [1.29, 1.82) is 0 Å². The Bertz CT molecular complexity index is 412. The number of nitrogens with zero attached hydrogens (tertiary/aromatic N) is 1. The van der Waals surface area contributed by atoms with Gasteiger partial charge in [0, 0.05) is 17.8 Å². The lowest BCUT2D eigenvalue weighted by Crippen LogP contribution is -2.40. The first-order valence-electron chi connectivity index (χ1n) is 5.78. The van der Waals surface area contributed by atoms with Crippen molar-refractivity contribution < 1.29 is 4.79 Å². The average Bonchev–Trinajstić information content (AvgIpc) is 2.29. The number of carbonyl (C=O) groups excluding carboxylic acids is 1. The fourth-order valence-electron chi connectivity index (χ4n) is 1.77. The van der Waals surface area contributed by atoms with Crippen molar-refractivity contribution >= 4 is 35.1 Å². The second-order valence-electron chi connectivity index (χ2n) is 4.42. The summed E-state index contributed by atoms with van der Waals surface area (Å²) in [6, 6.07) is 7.02. The van der Waals surface area contributed by atoms with E-state index < -0.39 is 0 Å². The SMILES string of the molecule is CSC(C(C)C)N(C)C(=O)Nc1cccc(Cl)c1. The quantitative estimate of drug-likeness (QED) is 0.844. The van der Waals surface area contributed by atoms with Crippen molar-refractivity contribution in [2.24, 2.45) is 5.92 Å². The minimum atomic E-state index is -0.120. The molecule has 3 nitrogen and oxygen atoms in total. The van der Waals surface area contributed by atoms with Gasteiger partial charge in [-0.25, -0.2) is 4.79 Å². The number of amides is 2. The van der Waals surface area contributed by atoms with E-state index in [1.165, 1.54) is 0 Å². The van der Waals surface area contributed by atoms with Gasteiger partial charge in [0.15, 0.2) is 0 Å². The Kier molecular flexibility index (Phi) is 5.82. The minimum Gasteiger partial charge on any atom is -0.315 e. The summed E-state index contributed by atoms with van der Waals surface area (Å²) in [4.78, 5) is 13.8. The van der Waals surface area contributed by atoms with Gasteiger partial charge >= 0.3 is 6.03 Å². The van der Waals surface area contributed by atoms with Crippen LogP contribution in [0.25, 0.3) is 0 Å². The number of carbonyl (C=O) groups is 1. The molecule has 0 saturated heterocycles. The summed E-state index contributed by atoms with van der Waals surface area (Å²) >= 11 is 7.55. The van der Waals surface area contributed by atoms with Gasteiger partial charge in [0.25, 0.3) is 0 Å². The van der Waals surface area contributed by atoms with E-state index in [2.05, 4.69) is 19.2 Å². The molecule has 18 heavy (non-hydrogen) atoms. The van der Waals surface area contributed by atoms with Gasteiger partial charge in [-0.2, -0.15) is 0 Å². The molecule has 5 heteroatoms. The van der Waals surface area contributed by atoms with Crippen molar-refractivity contribution in [2.75, 3.05) is 18.6 Å². The molecule has 0 aliphatic carbocycles. The molecule has 0 bridgehead atoms. The van der Waals surface area contributed by atoms with Crippen LogP contribution in [0.4, 0.5) is 10.5 Å². The normalized spacial score (nSPS) is 12.3. The fourth-order valence-corrected chi connectivity index (χ4v) is 2.92. The Morgan fingerprint density at radius 1 is 1.44 bits per heavy atom. The third kappa shape index (κ3) is 4.10. The Balaban J connectivity index is 2.70. The summed E-state index contributed by atoms with van der Waals surface area (Å²) in [6.07, 6.45) is 2.01. The first kappa shape index (κ1) is 15.2. The third-order valence-corrected chi connectivity index (χ3v) is 4.17. The van der Waals surface area contributed by atoms with Crippen molar-refractivity contribution in [3.05, 3.63) is 29.3 Å². The van der Waals surface area contributed by atoms with E-state index in [0.717, 1.165) is 0 Å². The summed E-state index contributed by atoms with van der Waals surface area (Å²) in [7, 11) is 1.81. The zero-order valence-electron chi connectivity index (χ0n) is 11.1. The average molecular weight is 287 g/mol. The second kappa shape index (κ2) is 6.90. The number of anilines is 1. The standard InChI is InChI=1S/C13H19ClN2OS/c1-9(2)12(18-4)16(3)13(17)15-11-7-5-6-10(14)8-11/h5-9,12H,1-4H3,(H,15,17). The largest absolute Gasteiger partial charge is 0.322 e. The first-order valence-corrected chi connectivity index (χ1v) is 7.44. The molecule has 0 heterocycles. The maximum Gasteiger partial charge on any atom is 0.322 e. The number of nitrogens with one attached hydrogen (secondary N) is 1. The third-order valence-electron chi connectivity index (χ3n) is 2.59. The number of hydrogen-bond acceptors (Lipinski definition) is 2. The van der Waals surface area contributed by atoms with Crippen LogP contribution in [-0.4, -0.2) is 29.6 Å². The van der Waals surface area contributed by atoms with E-state index in [9.17, 15) is 4.79 Å². The smallest absolute Gasteiger partial charge is 0.315 e. The zero-order chi connectivity index (χ0) is 13.7. The van der Waals surface area contributed by atoms with E-state index in [-0.39, 0.29) is 11.4 Å². The van der Waals surface area contributed by atoms with Crippen LogP contribution in [0.5, 0.6) is 0 Å². The highest BCUT2D eigenvalue weighted by Crippen LogP contribution is 2.21. The van der Waals surface area contributed by atoms with Crippen LogP contribution < -0.4 is 5.32 Å². The van der Waals surface area contributed by atoms with Gasteiger partial charge in [0.05, 0.1) is 5.37 Å². The Morgan fingerprint density at radius 2 is 2.11 bits per heavy atom. The Labute approximate surface area is 118 Å². The predicted molar refractivity (Wildman–Crippen MR) is 80.4 cm³/mol. The monoisotopic (exact) mass is 286 g/mol. The van der Waals surface area contributed by atoms with Crippen LogP contribution in [0.1, 0.15) is 13.8 Å². The highest BCUT2D eigenvalue weighted by molar-refractivity contribution is 7.99. The molecular weight excluding hydrogens is 268 g/mol. The first-order chi connectivity index (χ1) is 8.45. The molecule has 2 amide bonds. The minimum absolute atomic E-state index is 0.120. The Morgan fingerprint density at radius 3 is 2.61 bits per heavy atom. The highest BCUT2D eigenvalue weighted by atomic mass is 35.5. The fraction of sp³-hybridized carbons (Fsp3) is 0.462. The molecule has 100 valence electrons. The number of thioether (sulfide) groups is 1. The van der Waals surface area contributed by atoms with E-state index in [1.807, 2.05) is 18.4 Å². The maximum absolute atomic E-state index is 12.1. The van der Waals surface area contributed by atoms with E-state index in [4.69, 9.17) is 11.6 Å². The molecule has 0 saturated carbocycles. The van der Waals surface area contributed by atoms with Crippen LogP contribution >= 0.6 is 23.4 Å². The van der Waals surface area contributed by atoms with Crippen molar-refractivity contribution in [3.63, 3.8) is 0 Å². The van der Waals surface area contributed by atoms with Crippen LogP contribution in [-0.2, 0) is 0 Å². The summed E-state index contributed by atoms with van der Waals surface area (Å²) in [5.74, 6) is 0.398. The molecule has 0 fully saturated rings. The summed E-state index contributed by atoms with van der Waals surface area (Å²) in [6.45, 7) is 4.20. The molecule has 1 unspecified atom stereocenters. The number of halogens is 1. The van der Waals surface area contributed by atoms with Crippen LogP contribution in [0.15, 0.2) is 24.3 Å². The van der Waals surface area contributed by atoms with Gasteiger partial charge in [0.1, 0.15) is 0 Å². The Hall–Kier alpha value is -0.870. The molecule has 1 atom stereocenters. The lowest BCUT2D eigenvalue weighted by molar-refractivity contribution is 0.211. The number of urea groups is 1. The van der Waals surface area contributed by atoms with Gasteiger partial charge in [-0.1, -0.05) is 31.5 Å². The highest BCUT2D eigenvalue weighted by Gasteiger charge is 2.21. The van der Waals surface area contributed by atoms with Gasteiger partial charge in [0.2, 0.25) is 0 Å².